The number of hydrogen-bond acceptors (Lipinski definition) is 2. The summed E-state index contributed by atoms with van der Waals surface area (Å²) < 4.78 is 0. The van der Waals surface area contributed by atoms with Gasteiger partial charge in [-0.2, -0.15) is 0 Å². The second-order valence-electron chi connectivity index (χ2n) is 4.77. The molecule has 1 amide bonds. The highest BCUT2D eigenvalue weighted by Gasteiger charge is 2.08. The van der Waals surface area contributed by atoms with Crippen molar-refractivity contribution in [3.8, 4) is 0 Å². The quantitative estimate of drug-likeness (QED) is 0.762. The van der Waals surface area contributed by atoms with E-state index >= 15 is 0 Å². The molecule has 1 unspecified atom stereocenters. The van der Waals surface area contributed by atoms with Crippen LogP contribution in [0.5, 0.6) is 0 Å². The minimum absolute atomic E-state index is 0.114. The van der Waals surface area contributed by atoms with Crippen molar-refractivity contribution in [1.82, 2.24) is 0 Å². The number of amides is 1. The first-order valence-corrected chi connectivity index (χ1v) is 7.28. The SMILES string of the molecule is CCCCC(CC)Nc1ccc(NC(C)=O)c(Cl)c1. The van der Waals surface area contributed by atoms with E-state index in [4.69, 9.17) is 11.6 Å². The van der Waals surface area contributed by atoms with Crippen LogP contribution in [-0.2, 0) is 4.79 Å². The van der Waals surface area contributed by atoms with Crippen molar-refractivity contribution in [1.29, 1.82) is 0 Å². The molecular formula is C15H23ClN2O. The number of anilines is 2. The van der Waals surface area contributed by atoms with E-state index in [2.05, 4.69) is 24.5 Å². The zero-order valence-corrected chi connectivity index (χ0v) is 12.7. The topological polar surface area (TPSA) is 41.1 Å². The van der Waals surface area contributed by atoms with Crippen LogP contribution in [0.2, 0.25) is 5.02 Å². The molecule has 1 aromatic rings. The molecule has 0 heterocycles. The molecule has 1 rings (SSSR count). The maximum atomic E-state index is 11.0. The van der Waals surface area contributed by atoms with Crippen LogP contribution in [0.1, 0.15) is 46.5 Å². The molecule has 0 saturated heterocycles. The highest BCUT2D eigenvalue weighted by molar-refractivity contribution is 6.34. The van der Waals surface area contributed by atoms with Crippen molar-refractivity contribution in [2.45, 2.75) is 52.5 Å². The molecule has 0 fully saturated rings. The van der Waals surface area contributed by atoms with Crippen LogP contribution in [0.3, 0.4) is 0 Å². The molecular weight excluding hydrogens is 260 g/mol. The summed E-state index contributed by atoms with van der Waals surface area (Å²) in [7, 11) is 0. The molecule has 0 aliphatic carbocycles. The van der Waals surface area contributed by atoms with Gasteiger partial charge in [0.15, 0.2) is 0 Å². The van der Waals surface area contributed by atoms with E-state index < -0.39 is 0 Å². The predicted octanol–water partition coefficient (Wildman–Crippen LogP) is 4.68. The number of halogens is 1. The lowest BCUT2D eigenvalue weighted by atomic mass is 10.1. The number of carbonyl (C=O) groups is 1. The molecule has 0 aliphatic heterocycles. The van der Waals surface area contributed by atoms with Crippen LogP contribution in [0, 0.1) is 0 Å². The third-order valence-corrected chi connectivity index (χ3v) is 3.36. The third kappa shape index (κ3) is 5.52. The molecule has 0 aliphatic rings. The summed E-state index contributed by atoms with van der Waals surface area (Å²) in [4.78, 5) is 11.0. The van der Waals surface area contributed by atoms with Crippen molar-refractivity contribution in [2.24, 2.45) is 0 Å². The van der Waals surface area contributed by atoms with Gasteiger partial charge in [0.2, 0.25) is 5.91 Å². The first-order chi connectivity index (χ1) is 9.06. The monoisotopic (exact) mass is 282 g/mol. The Balaban J connectivity index is 2.68. The number of unbranched alkanes of at least 4 members (excludes halogenated alkanes) is 1. The van der Waals surface area contributed by atoms with E-state index in [-0.39, 0.29) is 5.91 Å². The molecule has 3 nitrogen and oxygen atoms in total. The number of benzene rings is 1. The molecule has 0 aromatic heterocycles. The van der Waals surface area contributed by atoms with Gasteiger partial charge in [-0.3, -0.25) is 4.79 Å². The molecule has 106 valence electrons. The van der Waals surface area contributed by atoms with Gasteiger partial charge >= 0.3 is 0 Å². The highest BCUT2D eigenvalue weighted by Crippen LogP contribution is 2.26. The third-order valence-electron chi connectivity index (χ3n) is 3.05. The fraction of sp³-hybridized carbons (Fsp3) is 0.533. The Morgan fingerprint density at radius 2 is 2.11 bits per heavy atom. The fourth-order valence-electron chi connectivity index (χ4n) is 1.96. The van der Waals surface area contributed by atoms with Crippen LogP contribution in [-0.4, -0.2) is 11.9 Å². The van der Waals surface area contributed by atoms with Gasteiger partial charge in [-0.25, -0.2) is 0 Å². The molecule has 4 heteroatoms. The van der Waals surface area contributed by atoms with Gasteiger partial charge in [-0.15, -0.1) is 0 Å². The van der Waals surface area contributed by atoms with Crippen molar-refractivity contribution < 1.29 is 4.79 Å². The van der Waals surface area contributed by atoms with Gasteiger partial charge < -0.3 is 10.6 Å². The second kappa shape index (κ2) is 8.05. The van der Waals surface area contributed by atoms with Crippen molar-refractivity contribution in [3.05, 3.63) is 23.2 Å². The Morgan fingerprint density at radius 1 is 1.37 bits per heavy atom. The summed E-state index contributed by atoms with van der Waals surface area (Å²) in [5.74, 6) is -0.114. The number of rotatable bonds is 7. The van der Waals surface area contributed by atoms with Crippen LogP contribution in [0.4, 0.5) is 11.4 Å². The predicted molar refractivity (Wildman–Crippen MR) is 83.0 cm³/mol. The summed E-state index contributed by atoms with van der Waals surface area (Å²) in [6.45, 7) is 5.85. The molecule has 1 atom stereocenters. The van der Waals surface area contributed by atoms with Crippen LogP contribution < -0.4 is 10.6 Å². The first kappa shape index (κ1) is 15.8. The Kier molecular flexibility index (Phi) is 6.71. The van der Waals surface area contributed by atoms with E-state index in [0.717, 1.165) is 18.5 Å². The molecule has 1 aromatic carbocycles. The maximum absolute atomic E-state index is 11.0. The van der Waals surface area contributed by atoms with Gasteiger partial charge in [0.25, 0.3) is 0 Å². The summed E-state index contributed by atoms with van der Waals surface area (Å²) in [6.07, 6.45) is 4.69. The minimum atomic E-state index is -0.114. The molecule has 0 saturated carbocycles. The lowest BCUT2D eigenvalue weighted by Crippen LogP contribution is -2.18. The van der Waals surface area contributed by atoms with Crippen LogP contribution >= 0.6 is 11.6 Å². The molecule has 0 spiro atoms. The standard InChI is InChI=1S/C15H23ClN2O/c1-4-6-7-12(5-2)18-13-8-9-15(14(16)10-13)17-11(3)19/h8-10,12,18H,4-7H2,1-3H3,(H,17,19). The largest absolute Gasteiger partial charge is 0.382 e. The highest BCUT2D eigenvalue weighted by atomic mass is 35.5. The summed E-state index contributed by atoms with van der Waals surface area (Å²) in [5, 5.41) is 6.75. The minimum Gasteiger partial charge on any atom is -0.382 e. The molecule has 19 heavy (non-hydrogen) atoms. The average molecular weight is 283 g/mol. The Hall–Kier alpha value is -1.22. The average Bonchev–Trinajstić information content (AvgIpc) is 2.37. The van der Waals surface area contributed by atoms with Crippen LogP contribution in [0.25, 0.3) is 0 Å². The van der Waals surface area contributed by atoms with E-state index in [0.29, 0.717) is 16.8 Å². The lowest BCUT2D eigenvalue weighted by molar-refractivity contribution is -0.114. The summed E-state index contributed by atoms with van der Waals surface area (Å²) in [6, 6.07) is 6.12. The Morgan fingerprint density at radius 3 is 2.63 bits per heavy atom. The van der Waals surface area contributed by atoms with Crippen LogP contribution in [0.15, 0.2) is 18.2 Å². The van der Waals surface area contributed by atoms with Crippen molar-refractivity contribution in [2.75, 3.05) is 10.6 Å². The zero-order valence-electron chi connectivity index (χ0n) is 11.9. The van der Waals surface area contributed by atoms with E-state index in [1.54, 1.807) is 0 Å². The maximum Gasteiger partial charge on any atom is 0.221 e. The Labute approximate surface area is 120 Å². The van der Waals surface area contributed by atoms with E-state index in [1.807, 2.05) is 18.2 Å². The lowest BCUT2D eigenvalue weighted by Gasteiger charge is -2.18. The van der Waals surface area contributed by atoms with Gasteiger partial charge in [0.1, 0.15) is 0 Å². The fourth-order valence-corrected chi connectivity index (χ4v) is 2.19. The zero-order chi connectivity index (χ0) is 14.3. The normalized spacial score (nSPS) is 12.0. The van der Waals surface area contributed by atoms with E-state index in [1.165, 1.54) is 19.8 Å². The summed E-state index contributed by atoms with van der Waals surface area (Å²) in [5.41, 5.74) is 1.66. The molecule has 0 radical (unpaired) electrons. The molecule has 2 N–H and O–H groups in total. The number of carbonyl (C=O) groups excluding carboxylic acids is 1. The van der Waals surface area contributed by atoms with E-state index in [9.17, 15) is 4.79 Å². The summed E-state index contributed by atoms with van der Waals surface area (Å²) >= 11 is 6.15. The number of nitrogens with one attached hydrogen (secondary N) is 2. The molecule has 0 bridgehead atoms. The second-order valence-corrected chi connectivity index (χ2v) is 5.17. The van der Waals surface area contributed by atoms with Crippen molar-refractivity contribution in [3.63, 3.8) is 0 Å². The smallest absolute Gasteiger partial charge is 0.221 e. The Bertz CT molecular complexity index is 421. The van der Waals surface area contributed by atoms with Gasteiger partial charge in [0, 0.05) is 18.7 Å². The van der Waals surface area contributed by atoms with Crippen molar-refractivity contribution >= 4 is 28.9 Å². The van der Waals surface area contributed by atoms with Gasteiger partial charge in [-0.1, -0.05) is 38.3 Å². The number of hydrogen-bond donors (Lipinski definition) is 2. The first-order valence-electron chi connectivity index (χ1n) is 6.90. The van der Waals surface area contributed by atoms with Gasteiger partial charge in [0.05, 0.1) is 10.7 Å². The van der Waals surface area contributed by atoms with Gasteiger partial charge in [-0.05, 0) is 31.0 Å².